The van der Waals surface area contributed by atoms with Gasteiger partial charge in [-0.15, -0.1) is 0 Å². The van der Waals surface area contributed by atoms with Gasteiger partial charge in [-0.25, -0.2) is 8.42 Å². The second-order valence-corrected chi connectivity index (χ2v) is 11.5. The van der Waals surface area contributed by atoms with Crippen LogP contribution in [0.25, 0.3) is 17.0 Å². The van der Waals surface area contributed by atoms with Crippen LogP contribution in [0.1, 0.15) is 38.7 Å². The van der Waals surface area contributed by atoms with Gasteiger partial charge in [0.25, 0.3) is 0 Å². The van der Waals surface area contributed by atoms with Crippen molar-refractivity contribution in [3.63, 3.8) is 0 Å². The molecule has 0 spiro atoms. The summed E-state index contributed by atoms with van der Waals surface area (Å²) in [5, 5.41) is 1.01. The van der Waals surface area contributed by atoms with Gasteiger partial charge in [-0.3, -0.25) is 9.69 Å². The molecule has 1 unspecified atom stereocenters. The summed E-state index contributed by atoms with van der Waals surface area (Å²) in [6, 6.07) is 16.1. The molecule has 4 aromatic rings. The molecule has 38 heavy (non-hydrogen) atoms. The first-order valence-electron chi connectivity index (χ1n) is 12.4. The van der Waals surface area contributed by atoms with Crippen LogP contribution in [0.4, 0.5) is 0 Å². The van der Waals surface area contributed by atoms with E-state index in [1.807, 2.05) is 25.2 Å². The van der Waals surface area contributed by atoms with Crippen LogP contribution in [0.2, 0.25) is 0 Å². The third-order valence-electron chi connectivity index (χ3n) is 7.58. The molecule has 1 aromatic heterocycles. The Morgan fingerprint density at radius 1 is 0.974 bits per heavy atom. The summed E-state index contributed by atoms with van der Waals surface area (Å²) in [7, 11) is 0.949. The van der Waals surface area contributed by atoms with Gasteiger partial charge in [0.15, 0.2) is 11.3 Å². The fourth-order valence-corrected chi connectivity index (χ4v) is 7.49. The van der Waals surface area contributed by atoms with E-state index < -0.39 is 15.6 Å². The molecule has 3 aromatic carbocycles. The van der Waals surface area contributed by atoms with Crippen molar-refractivity contribution in [1.82, 2.24) is 4.90 Å². The number of nitrogens with zero attached hydrogens (tertiary/aromatic N) is 1. The molecule has 0 radical (unpaired) electrons. The van der Waals surface area contributed by atoms with E-state index in [1.54, 1.807) is 49.8 Å². The third-order valence-corrected chi connectivity index (χ3v) is 9.44. The molecular formula is C30H27NO6S. The number of benzene rings is 3. The molecule has 0 aliphatic carbocycles. The Morgan fingerprint density at radius 3 is 2.45 bits per heavy atom. The van der Waals surface area contributed by atoms with Crippen molar-refractivity contribution in [2.75, 3.05) is 27.8 Å². The highest BCUT2D eigenvalue weighted by Gasteiger charge is 2.45. The zero-order valence-corrected chi connectivity index (χ0v) is 22.2. The van der Waals surface area contributed by atoms with Crippen LogP contribution < -0.4 is 9.47 Å². The first-order valence-corrected chi connectivity index (χ1v) is 13.9. The number of sulfone groups is 1. The summed E-state index contributed by atoms with van der Waals surface area (Å²) >= 11 is 0. The number of ether oxygens (including phenoxy) is 2. The van der Waals surface area contributed by atoms with Crippen molar-refractivity contribution in [2.45, 2.75) is 23.8 Å². The van der Waals surface area contributed by atoms with Gasteiger partial charge in [0, 0.05) is 18.0 Å². The highest BCUT2D eigenvalue weighted by Crippen LogP contribution is 2.46. The predicted molar refractivity (Wildman–Crippen MR) is 144 cm³/mol. The number of hydrogen-bond acceptors (Lipinski definition) is 7. The van der Waals surface area contributed by atoms with Crippen molar-refractivity contribution in [3.8, 4) is 11.5 Å². The number of carbonyl (C=O) groups excluding carboxylic acids is 1. The predicted octanol–water partition coefficient (Wildman–Crippen LogP) is 5.23. The Morgan fingerprint density at radius 2 is 1.71 bits per heavy atom. The molecule has 8 heteroatoms. The van der Waals surface area contributed by atoms with Gasteiger partial charge in [-0.2, -0.15) is 0 Å². The number of furan rings is 1. The maximum Gasteiger partial charge on any atom is 0.211 e. The summed E-state index contributed by atoms with van der Waals surface area (Å²) in [5.41, 5.74) is 4.15. The summed E-state index contributed by atoms with van der Waals surface area (Å²) < 4.78 is 44.9. The second kappa shape index (κ2) is 9.15. The van der Waals surface area contributed by atoms with E-state index in [0.717, 1.165) is 22.9 Å². The van der Waals surface area contributed by atoms with Crippen LogP contribution >= 0.6 is 0 Å². The van der Waals surface area contributed by atoms with Crippen molar-refractivity contribution < 1.29 is 27.1 Å². The lowest BCUT2D eigenvalue weighted by atomic mass is 9.90. The van der Waals surface area contributed by atoms with E-state index in [0.29, 0.717) is 35.4 Å². The lowest BCUT2D eigenvalue weighted by molar-refractivity contribution is 0.104. The standard InChI is InChI=1S/C30H27NO6S/c1-31-14-13-20-17-37-29-24(36-3)11-9-19(26(20)29)16-22(31)21-10-12-23(35-2)27-28(32)25(38(33,34)30(21)27)15-18-7-5-4-6-8-18/h4-12,15,17,22H,13-14,16H2,1-3H3/b25-15-. The van der Waals surface area contributed by atoms with Crippen molar-refractivity contribution in [3.05, 3.63) is 93.6 Å². The van der Waals surface area contributed by atoms with Crippen molar-refractivity contribution in [2.24, 2.45) is 0 Å². The smallest absolute Gasteiger partial charge is 0.211 e. The first-order chi connectivity index (χ1) is 18.3. The lowest BCUT2D eigenvalue weighted by Crippen LogP contribution is -2.30. The largest absolute Gasteiger partial charge is 0.496 e. The van der Waals surface area contributed by atoms with Gasteiger partial charge < -0.3 is 13.9 Å². The van der Waals surface area contributed by atoms with E-state index in [-0.39, 0.29) is 27.2 Å². The number of fused-ring (bicyclic) bond motifs is 1. The molecule has 3 heterocycles. The Hall–Kier alpha value is -3.88. The van der Waals surface area contributed by atoms with E-state index in [2.05, 4.69) is 4.90 Å². The van der Waals surface area contributed by atoms with Gasteiger partial charge in [0.2, 0.25) is 15.6 Å². The molecule has 194 valence electrons. The van der Waals surface area contributed by atoms with Gasteiger partial charge in [0.05, 0.1) is 30.9 Å². The van der Waals surface area contributed by atoms with Crippen LogP contribution in [0, 0.1) is 0 Å². The third kappa shape index (κ3) is 3.67. The second-order valence-electron chi connectivity index (χ2n) is 9.66. The highest BCUT2D eigenvalue weighted by molar-refractivity contribution is 7.97. The molecule has 7 nitrogen and oxygen atoms in total. The number of hydrogen-bond donors (Lipinski definition) is 0. The molecule has 2 aliphatic heterocycles. The SMILES string of the molecule is COc1ccc(C2Cc3ccc(OC)c4occ(c34)CCN2C)c2c1C(=O)/C(=C/c1ccccc1)S2(=O)=O. The fourth-order valence-electron chi connectivity index (χ4n) is 5.66. The molecule has 0 saturated carbocycles. The fraction of sp³-hybridized carbons (Fsp3) is 0.233. The maximum absolute atomic E-state index is 14.0. The number of rotatable bonds is 4. The lowest BCUT2D eigenvalue weighted by Gasteiger charge is -2.32. The molecular weight excluding hydrogens is 502 g/mol. The molecule has 2 aliphatic rings. The first kappa shape index (κ1) is 24.5. The topological polar surface area (TPSA) is 86.1 Å². The van der Waals surface area contributed by atoms with E-state index in [1.165, 1.54) is 13.2 Å². The van der Waals surface area contributed by atoms with Crippen LogP contribution in [-0.2, 0) is 22.7 Å². The van der Waals surface area contributed by atoms with Crippen LogP contribution in [0.3, 0.4) is 0 Å². The number of allylic oxidation sites excluding steroid dienone is 1. The molecule has 0 amide bonds. The quantitative estimate of drug-likeness (QED) is 0.335. The summed E-state index contributed by atoms with van der Waals surface area (Å²) in [4.78, 5) is 15.6. The molecule has 0 saturated heterocycles. The average molecular weight is 530 g/mol. The monoisotopic (exact) mass is 529 g/mol. The maximum atomic E-state index is 14.0. The summed E-state index contributed by atoms with van der Waals surface area (Å²) in [6.45, 7) is 0.678. The van der Waals surface area contributed by atoms with E-state index in [4.69, 9.17) is 13.9 Å². The van der Waals surface area contributed by atoms with Crippen molar-refractivity contribution >= 4 is 32.7 Å². The number of methoxy groups -OCH3 is 2. The summed E-state index contributed by atoms with van der Waals surface area (Å²) in [5.74, 6) is 0.376. The minimum absolute atomic E-state index is 0.0404. The number of carbonyl (C=O) groups is 1. The summed E-state index contributed by atoms with van der Waals surface area (Å²) in [6.07, 6.45) is 4.49. The normalized spacial score (nSPS) is 19.8. The Balaban J connectivity index is 1.54. The Kier molecular flexibility index (Phi) is 5.89. The molecule has 0 N–H and O–H groups in total. The van der Waals surface area contributed by atoms with Gasteiger partial charge in [-0.05, 0) is 60.4 Å². The van der Waals surface area contributed by atoms with Gasteiger partial charge >= 0.3 is 0 Å². The van der Waals surface area contributed by atoms with E-state index in [9.17, 15) is 13.2 Å². The Labute approximate surface area is 221 Å². The highest BCUT2D eigenvalue weighted by atomic mass is 32.2. The van der Waals surface area contributed by atoms with Crippen LogP contribution in [0.15, 0.2) is 75.1 Å². The zero-order chi connectivity index (χ0) is 26.6. The van der Waals surface area contributed by atoms with Crippen LogP contribution in [-0.4, -0.2) is 46.9 Å². The van der Waals surface area contributed by atoms with Gasteiger partial charge in [-0.1, -0.05) is 42.5 Å². The number of ketones is 1. The average Bonchev–Trinajstić information content (AvgIpc) is 3.43. The van der Waals surface area contributed by atoms with Gasteiger partial charge in [0.1, 0.15) is 10.7 Å². The molecule has 0 bridgehead atoms. The molecule has 1 atom stereocenters. The Bertz CT molecular complexity index is 1720. The minimum Gasteiger partial charge on any atom is -0.496 e. The zero-order valence-electron chi connectivity index (χ0n) is 21.4. The van der Waals surface area contributed by atoms with E-state index >= 15 is 0 Å². The minimum atomic E-state index is -4.10. The molecule has 6 rings (SSSR count). The van der Waals surface area contributed by atoms with Crippen LogP contribution in [0.5, 0.6) is 11.5 Å². The molecule has 0 fully saturated rings. The number of likely N-dealkylation sites (N-methyl/N-ethyl adjacent to an activating group) is 1. The van der Waals surface area contributed by atoms with Crippen molar-refractivity contribution in [1.29, 1.82) is 0 Å². The number of Topliss-reactive ketones (excluding diaryl/α,β-unsaturated/α-hetero) is 1.